The van der Waals surface area contributed by atoms with Crippen LogP contribution in [0.2, 0.25) is 0 Å². The number of nitrogens with one attached hydrogen (secondary N) is 1. The standard InChI is InChI=1S/C17H13N3O4S2/c1-10(21)12-4-2-3-5-13(12)18-16(22)9-25-17-19-14-7-6-11(20(23)24)8-15(14)26-17/h2-8H,9H2,1H3,(H,18,22). The number of hydrogen-bond acceptors (Lipinski definition) is 7. The number of para-hydroxylation sites is 1. The number of nitro groups is 1. The van der Waals surface area contributed by atoms with E-state index < -0.39 is 4.92 Å². The summed E-state index contributed by atoms with van der Waals surface area (Å²) in [5.74, 6) is -0.260. The first kappa shape index (κ1) is 18.0. The molecule has 0 saturated heterocycles. The number of carbonyl (C=O) groups excluding carboxylic acids is 2. The number of aromatic nitrogens is 1. The largest absolute Gasteiger partial charge is 0.325 e. The highest BCUT2D eigenvalue weighted by Crippen LogP contribution is 2.31. The van der Waals surface area contributed by atoms with Crippen molar-refractivity contribution in [2.45, 2.75) is 11.3 Å². The highest BCUT2D eigenvalue weighted by molar-refractivity contribution is 8.01. The van der Waals surface area contributed by atoms with E-state index in [1.54, 1.807) is 30.3 Å². The number of fused-ring (bicyclic) bond motifs is 1. The molecular weight excluding hydrogens is 374 g/mol. The molecule has 132 valence electrons. The molecule has 7 nitrogen and oxygen atoms in total. The van der Waals surface area contributed by atoms with Gasteiger partial charge in [-0.3, -0.25) is 19.7 Å². The van der Waals surface area contributed by atoms with Gasteiger partial charge in [-0.1, -0.05) is 23.9 Å². The van der Waals surface area contributed by atoms with Gasteiger partial charge in [-0.2, -0.15) is 0 Å². The topological polar surface area (TPSA) is 102 Å². The predicted molar refractivity (Wildman–Crippen MR) is 102 cm³/mol. The van der Waals surface area contributed by atoms with Crippen LogP contribution in [0.4, 0.5) is 11.4 Å². The van der Waals surface area contributed by atoms with Crippen molar-refractivity contribution >= 4 is 56.4 Å². The minimum Gasteiger partial charge on any atom is -0.325 e. The summed E-state index contributed by atoms with van der Waals surface area (Å²) in [5, 5.41) is 13.5. The zero-order chi connectivity index (χ0) is 18.7. The first-order chi connectivity index (χ1) is 12.4. The molecule has 0 saturated carbocycles. The lowest BCUT2D eigenvalue weighted by molar-refractivity contribution is -0.384. The van der Waals surface area contributed by atoms with Crippen LogP contribution in [0.3, 0.4) is 0 Å². The Morgan fingerprint density at radius 2 is 2.04 bits per heavy atom. The number of Topliss-reactive ketones (excluding diaryl/α,β-unsaturated/α-hetero) is 1. The molecule has 0 atom stereocenters. The molecule has 0 bridgehead atoms. The van der Waals surface area contributed by atoms with E-state index in [2.05, 4.69) is 10.3 Å². The van der Waals surface area contributed by atoms with Crippen LogP contribution in [0.5, 0.6) is 0 Å². The molecule has 1 aromatic heterocycles. The number of ketones is 1. The number of rotatable bonds is 6. The summed E-state index contributed by atoms with van der Waals surface area (Å²) in [4.78, 5) is 38.5. The third-order valence-electron chi connectivity index (χ3n) is 3.47. The van der Waals surface area contributed by atoms with E-state index >= 15 is 0 Å². The van der Waals surface area contributed by atoms with Crippen LogP contribution >= 0.6 is 23.1 Å². The Morgan fingerprint density at radius 3 is 2.77 bits per heavy atom. The quantitative estimate of drug-likeness (QED) is 0.295. The number of nitrogens with zero attached hydrogens (tertiary/aromatic N) is 2. The molecule has 0 spiro atoms. The van der Waals surface area contributed by atoms with Crippen LogP contribution in [0.1, 0.15) is 17.3 Å². The van der Waals surface area contributed by atoms with Gasteiger partial charge in [-0.05, 0) is 25.1 Å². The van der Waals surface area contributed by atoms with Crippen molar-refractivity contribution < 1.29 is 14.5 Å². The second-order valence-electron chi connectivity index (χ2n) is 5.33. The lowest BCUT2D eigenvalue weighted by atomic mass is 10.1. The molecule has 1 N–H and O–H groups in total. The summed E-state index contributed by atoms with van der Waals surface area (Å²) in [7, 11) is 0. The van der Waals surface area contributed by atoms with Gasteiger partial charge in [-0.15, -0.1) is 11.3 Å². The van der Waals surface area contributed by atoms with Crippen molar-refractivity contribution in [3.05, 3.63) is 58.1 Å². The maximum Gasteiger partial charge on any atom is 0.270 e. The Morgan fingerprint density at radius 1 is 1.27 bits per heavy atom. The summed E-state index contributed by atoms with van der Waals surface area (Å²) in [6, 6.07) is 11.3. The normalized spacial score (nSPS) is 10.7. The van der Waals surface area contributed by atoms with E-state index in [-0.39, 0.29) is 23.1 Å². The van der Waals surface area contributed by atoms with Crippen molar-refractivity contribution in [1.29, 1.82) is 0 Å². The van der Waals surface area contributed by atoms with Gasteiger partial charge in [0.25, 0.3) is 5.69 Å². The number of hydrogen-bond donors (Lipinski definition) is 1. The molecule has 2 aromatic carbocycles. The molecule has 0 aliphatic rings. The molecule has 9 heteroatoms. The number of thiazole rings is 1. The SMILES string of the molecule is CC(=O)c1ccccc1NC(=O)CSc1nc2ccc([N+](=O)[O-])cc2s1. The van der Waals surface area contributed by atoms with Crippen molar-refractivity contribution in [1.82, 2.24) is 4.98 Å². The van der Waals surface area contributed by atoms with Gasteiger partial charge in [0.15, 0.2) is 10.1 Å². The highest BCUT2D eigenvalue weighted by atomic mass is 32.2. The van der Waals surface area contributed by atoms with Crippen molar-refractivity contribution in [2.24, 2.45) is 0 Å². The van der Waals surface area contributed by atoms with Crippen LogP contribution in [-0.4, -0.2) is 27.4 Å². The second-order valence-corrected chi connectivity index (χ2v) is 7.58. The summed E-state index contributed by atoms with van der Waals surface area (Å²) < 4.78 is 1.35. The number of anilines is 1. The third kappa shape index (κ3) is 4.06. The van der Waals surface area contributed by atoms with Crippen molar-refractivity contribution in [3.8, 4) is 0 Å². The molecule has 1 heterocycles. The molecule has 0 aliphatic carbocycles. The summed E-state index contributed by atoms with van der Waals surface area (Å²) in [6.45, 7) is 1.44. The number of amides is 1. The Hall–Kier alpha value is -2.78. The number of non-ortho nitro benzene ring substituents is 1. The summed E-state index contributed by atoms with van der Waals surface area (Å²) >= 11 is 2.54. The Kier molecular flexibility index (Phi) is 5.29. The Balaban J connectivity index is 1.67. The number of thioether (sulfide) groups is 1. The van der Waals surface area contributed by atoms with Crippen LogP contribution < -0.4 is 5.32 Å². The lowest BCUT2D eigenvalue weighted by Gasteiger charge is -2.08. The van der Waals surface area contributed by atoms with Gasteiger partial charge in [0.2, 0.25) is 5.91 Å². The fourth-order valence-electron chi connectivity index (χ4n) is 2.28. The monoisotopic (exact) mass is 387 g/mol. The average molecular weight is 387 g/mol. The van der Waals surface area contributed by atoms with Crippen LogP contribution in [-0.2, 0) is 4.79 Å². The maximum atomic E-state index is 12.2. The molecular formula is C17H13N3O4S2. The van der Waals surface area contributed by atoms with Gasteiger partial charge >= 0.3 is 0 Å². The molecule has 0 aliphatic heterocycles. The Bertz CT molecular complexity index is 1020. The molecule has 0 radical (unpaired) electrons. The highest BCUT2D eigenvalue weighted by Gasteiger charge is 2.13. The van der Waals surface area contributed by atoms with Crippen LogP contribution in [0, 0.1) is 10.1 Å². The fourth-order valence-corrected chi connectivity index (χ4v) is 4.18. The molecule has 0 fully saturated rings. The molecule has 1 amide bonds. The summed E-state index contributed by atoms with van der Waals surface area (Å²) in [6.07, 6.45) is 0. The predicted octanol–water partition coefficient (Wildman–Crippen LogP) is 4.14. The van der Waals surface area contributed by atoms with E-state index in [4.69, 9.17) is 0 Å². The van der Waals surface area contributed by atoms with Gasteiger partial charge in [-0.25, -0.2) is 4.98 Å². The first-order valence-electron chi connectivity index (χ1n) is 7.51. The van der Waals surface area contributed by atoms with E-state index in [0.717, 1.165) is 0 Å². The zero-order valence-electron chi connectivity index (χ0n) is 13.6. The van der Waals surface area contributed by atoms with E-state index in [9.17, 15) is 19.7 Å². The molecule has 3 aromatic rings. The minimum atomic E-state index is -0.452. The van der Waals surface area contributed by atoms with Gasteiger partial charge in [0, 0.05) is 17.7 Å². The van der Waals surface area contributed by atoms with Crippen LogP contribution in [0.25, 0.3) is 10.2 Å². The van der Waals surface area contributed by atoms with Crippen molar-refractivity contribution in [3.63, 3.8) is 0 Å². The fraction of sp³-hybridized carbons (Fsp3) is 0.118. The summed E-state index contributed by atoms with van der Waals surface area (Å²) in [5.41, 5.74) is 1.60. The van der Waals surface area contributed by atoms with E-state index in [1.807, 2.05) is 0 Å². The second kappa shape index (κ2) is 7.63. The third-order valence-corrected chi connectivity index (χ3v) is 5.63. The zero-order valence-corrected chi connectivity index (χ0v) is 15.2. The molecule has 26 heavy (non-hydrogen) atoms. The number of benzene rings is 2. The lowest BCUT2D eigenvalue weighted by Crippen LogP contribution is -2.16. The minimum absolute atomic E-state index is 0.0104. The smallest absolute Gasteiger partial charge is 0.270 e. The van der Waals surface area contributed by atoms with Gasteiger partial charge in [0.05, 0.1) is 26.6 Å². The van der Waals surface area contributed by atoms with E-state index in [0.29, 0.717) is 25.8 Å². The van der Waals surface area contributed by atoms with Gasteiger partial charge < -0.3 is 5.32 Å². The molecule has 3 rings (SSSR count). The maximum absolute atomic E-state index is 12.2. The van der Waals surface area contributed by atoms with Crippen molar-refractivity contribution in [2.75, 3.05) is 11.1 Å². The number of nitro benzene ring substituents is 1. The van der Waals surface area contributed by atoms with Crippen LogP contribution in [0.15, 0.2) is 46.8 Å². The first-order valence-corrected chi connectivity index (χ1v) is 9.32. The average Bonchev–Trinajstić information content (AvgIpc) is 3.02. The van der Waals surface area contributed by atoms with E-state index in [1.165, 1.54) is 42.2 Å². The molecule has 0 unspecified atom stereocenters. The Labute approximate surface area is 156 Å². The number of carbonyl (C=O) groups is 2. The van der Waals surface area contributed by atoms with Gasteiger partial charge in [0.1, 0.15) is 0 Å².